The van der Waals surface area contributed by atoms with Gasteiger partial charge in [-0.25, -0.2) is 4.39 Å². The summed E-state index contributed by atoms with van der Waals surface area (Å²) in [6.45, 7) is 8.50. The first kappa shape index (κ1) is 21.9. The molecule has 0 N–H and O–H groups in total. The van der Waals surface area contributed by atoms with E-state index < -0.39 is 29.4 Å². The van der Waals surface area contributed by atoms with Crippen molar-refractivity contribution in [2.75, 3.05) is 6.61 Å². The first-order chi connectivity index (χ1) is 13.0. The molecule has 6 heteroatoms. The SMILES string of the molecule is CCOC(=O)C[C@H](C)c1cc(-c2c(C)cc(C(F)(F)F)cc2C)cc(C)c1F. The van der Waals surface area contributed by atoms with Gasteiger partial charge in [0, 0.05) is 0 Å². The van der Waals surface area contributed by atoms with Crippen molar-refractivity contribution in [2.24, 2.45) is 0 Å². The average Bonchev–Trinajstić information content (AvgIpc) is 2.56. The van der Waals surface area contributed by atoms with E-state index in [0.29, 0.717) is 33.4 Å². The van der Waals surface area contributed by atoms with Crippen LogP contribution in [0.15, 0.2) is 24.3 Å². The Morgan fingerprint density at radius 3 is 2.11 bits per heavy atom. The first-order valence-electron chi connectivity index (χ1n) is 9.10. The summed E-state index contributed by atoms with van der Waals surface area (Å²) in [6.07, 6.45) is -4.40. The molecule has 0 aliphatic rings. The van der Waals surface area contributed by atoms with Crippen molar-refractivity contribution in [2.45, 2.75) is 53.1 Å². The molecule has 28 heavy (non-hydrogen) atoms. The number of carbonyl (C=O) groups excluding carboxylic acids is 1. The predicted molar refractivity (Wildman–Crippen MR) is 101 cm³/mol. The van der Waals surface area contributed by atoms with E-state index in [1.165, 1.54) is 0 Å². The lowest BCUT2D eigenvalue weighted by Crippen LogP contribution is -2.10. The number of rotatable bonds is 5. The maximum atomic E-state index is 14.7. The zero-order valence-corrected chi connectivity index (χ0v) is 16.6. The second-order valence-corrected chi connectivity index (χ2v) is 7.09. The highest BCUT2D eigenvalue weighted by atomic mass is 19.4. The van der Waals surface area contributed by atoms with Crippen molar-refractivity contribution < 1.29 is 27.1 Å². The van der Waals surface area contributed by atoms with Crippen LogP contribution in [0.4, 0.5) is 17.6 Å². The molecule has 0 bridgehead atoms. The van der Waals surface area contributed by atoms with Crippen molar-refractivity contribution in [3.05, 3.63) is 57.9 Å². The Hall–Kier alpha value is -2.37. The van der Waals surface area contributed by atoms with Crippen LogP contribution in [0, 0.1) is 26.6 Å². The van der Waals surface area contributed by atoms with E-state index in [1.807, 2.05) is 0 Å². The summed E-state index contributed by atoms with van der Waals surface area (Å²) in [6, 6.07) is 5.44. The number of halogens is 4. The molecule has 0 aliphatic heterocycles. The average molecular weight is 396 g/mol. The Balaban J connectivity index is 2.54. The number of carbonyl (C=O) groups is 1. The van der Waals surface area contributed by atoms with Crippen molar-refractivity contribution in [3.8, 4) is 11.1 Å². The van der Waals surface area contributed by atoms with E-state index >= 15 is 0 Å². The molecule has 0 saturated heterocycles. The number of esters is 1. The van der Waals surface area contributed by atoms with Gasteiger partial charge in [-0.2, -0.15) is 13.2 Å². The van der Waals surface area contributed by atoms with Crippen LogP contribution in [-0.4, -0.2) is 12.6 Å². The molecule has 0 aliphatic carbocycles. The van der Waals surface area contributed by atoms with Gasteiger partial charge in [0.2, 0.25) is 0 Å². The number of benzene rings is 2. The largest absolute Gasteiger partial charge is 0.466 e. The molecule has 0 amide bonds. The highest BCUT2D eigenvalue weighted by Gasteiger charge is 2.31. The van der Waals surface area contributed by atoms with Crippen molar-refractivity contribution >= 4 is 5.97 Å². The molecule has 1 atom stereocenters. The van der Waals surface area contributed by atoms with Gasteiger partial charge in [0.15, 0.2) is 0 Å². The normalized spacial score (nSPS) is 12.8. The Kier molecular flexibility index (Phi) is 6.52. The molecule has 2 rings (SSSR count). The third-order valence-electron chi connectivity index (χ3n) is 4.74. The Labute approximate surface area is 162 Å². The van der Waals surface area contributed by atoms with Crippen molar-refractivity contribution in [3.63, 3.8) is 0 Å². The van der Waals surface area contributed by atoms with E-state index in [-0.39, 0.29) is 13.0 Å². The van der Waals surface area contributed by atoms with E-state index in [0.717, 1.165) is 12.1 Å². The van der Waals surface area contributed by atoms with Gasteiger partial charge in [-0.05, 0) is 91.3 Å². The van der Waals surface area contributed by atoms with Gasteiger partial charge >= 0.3 is 12.1 Å². The standard InChI is InChI=1S/C22H24F4O2/c1-6-28-19(27)10-12(2)18-11-16(7-15(5)21(18)23)20-13(3)8-17(9-14(20)4)22(24,25)26/h7-9,11-12H,6,10H2,1-5H3/t12-/m0/s1. The van der Waals surface area contributed by atoms with Crippen LogP contribution in [0.1, 0.15) is 54.0 Å². The van der Waals surface area contributed by atoms with E-state index in [1.54, 1.807) is 46.8 Å². The predicted octanol–water partition coefficient (Wildman–Crippen LogP) is 6.49. The molecule has 0 saturated carbocycles. The summed E-state index contributed by atoms with van der Waals surface area (Å²) in [7, 11) is 0. The van der Waals surface area contributed by atoms with E-state index in [2.05, 4.69) is 0 Å². The third-order valence-corrected chi connectivity index (χ3v) is 4.74. The number of alkyl halides is 3. The molecular formula is C22H24F4O2. The minimum Gasteiger partial charge on any atom is -0.466 e. The summed E-state index contributed by atoms with van der Waals surface area (Å²) >= 11 is 0. The van der Waals surface area contributed by atoms with Crippen LogP contribution in [0.25, 0.3) is 11.1 Å². The lowest BCUT2D eigenvalue weighted by Gasteiger charge is -2.19. The summed E-state index contributed by atoms with van der Waals surface area (Å²) in [4.78, 5) is 11.8. The van der Waals surface area contributed by atoms with Crippen molar-refractivity contribution in [1.29, 1.82) is 0 Å². The highest BCUT2D eigenvalue weighted by Crippen LogP contribution is 2.37. The van der Waals surface area contributed by atoms with E-state index in [4.69, 9.17) is 4.74 Å². The molecule has 2 aromatic carbocycles. The second-order valence-electron chi connectivity index (χ2n) is 7.09. The molecule has 2 aromatic rings. The lowest BCUT2D eigenvalue weighted by molar-refractivity contribution is -0.143. The topological polar surface area (TPSA) is 26.3 Å². The lowest BCUT2D eigenvalue weighted by atomic mass is 9.88. The molecule has 0 radical (unpaired) electrons. The highest BCUT2D eigenvalue weighted by molar-refractivity contribution is 5.74. The van der Waals surface area contributed by atoms with Gasteiger partial charge in [-0.1, -0.05) is 6.92 Å². The van der Waals surface area contributed by atoms with Crippen LogP contribution in [-0.2, 0) is 15.7 Å². The monoisotopic (exact) mass is 396 g/mol. The minimum absolute atomic E-state index is 0.0264. The van der Waals surface area contributed by atoms with Gasteiger partial charge in [-0.3, -0.25) is 4.79 Å². The van der Waals surface area contributed by atoms with Gasteiger partial charge in [-0.15, -0.1) is 0 Å². The zero-order valence-electron chi connectivity index (χ0n) is 16.6. The molecular weight excluding hydrogens is 372 g/mol. The molecule has 2 nitrogen and oxygen atoms in total. The fourth-order valence-electron chi connectivity index (χ4n) is 3.46. The quantitative estimate of drug-likeness (QED) is 0.426. The Morgan fingerprint density at radius 2 is 1.61 bits per heavy atom. The zero-order chi connectivity index (χ0) is 21.2. The third kappa shape index (κ3) is 4.72. The minimum atomic E-state index is -4.42. The van der Waals surface area contributed by atoms with Gasteiger partial charge in [0.25, 0.3) is 0 Å². The number of hydrogen-bond acceptors (Lipinski definition) is 2. The first-order valence-corrected chi connectivity index (χ1v) is 9.10. The van der Waals surface area contributed by atoms with E-state index in [9.17, 15) is 22.4 Å². The fourth-order valence-corrected chi connectivity index (χ4v) is 3.46. The Bertz CT molecular complexity index is 862. The summed E-state index contributed by atoms with van der Waals surface area (Å²) < 4.78 is 58.8. The van der Waals surface area contributed by atoms with Gasteiger partial charge in [0.05, 0.1) is 18.6 Å². The van der Waals surface area contributed by atoms with Crippen LogP contribution in [0.2, 0.25) is 0 Å². The van der Waals surface area contributed by atoms with Crippen LogP contribution < -0.4 is 0 Å². The smallest absolute Gasteiger partial charge is 0.416 e. The summed E-state index contributed by atoms with van der Waals surface area (Å²) in [5, 5.41) is 0. The molecule has 0 fully saturated rings. The number of ether oxygens (including phenoxy) is 1. The van der Waals surface area contributed by atoms with Gasteiger partial charge < -0.3 is 4.74 Å². The maximum absolute atomic E-state index is 14.7. The van der Waals surface area contributed by atoms with Crippen LogP contribution in [0.5, 0.6) is 0 Å². The molecule has 152 valence electrons. The summed E-state index contributed by atoms with van der Waals surface area (Å²) in [5.41, 5.74) is 2.21. The van der Waals surface area contributed by atoms with Crippen LogP contribution >= 0.6 is 0 Å². The number of aryl methyl sites for hydroxylation is 3. The second kappa shape index (κ2) is 8.33. The Morgan fingerprint density at radius 1 is 1.04 bits per heavy atom. The van der Waals surface area contributed by atoms with Gasteiger partial charge in [0.1, 0.15) is 5.82 Å². The molecule has 0 unspecified atom stereocenters. The van der Waals surface area contributed by atoms with Crippen LogP contribution in [0.3, 0.4) is 0 Å². The molecule has 0 spiro atoms. The maximum Gasteiger partial charge on any atom is 0.416 e. The fraction of sp³-hybridized carbons (Fsp3) is 0.409. The summed E-state index contributed by atoms with van der Waals surface area (Å²) in [5.74, 6) is -1.25. The molecule has 0 heterocycles. The molecule has 0 aromatic heterocycles. The number of hydrogen-bond donors (Lipinski definition) is 0. The van der Waals surface area contributed by atoms with Crippen molar-refractivity contribution in [1.82, 2.24) is 0 Å².